The van der Waals surface area contributed by atoms with Crippen molar-refractivity contribution in [3.63, 3.8) is 0 Å². The van der Waals surface area contributed by atoms with Crippen molar-refractivity contribution < 1.29 is 0 Å². The molecule has 0 aliphatic carbocycles. The Morgan fingerprint density at radius 3 is 2.93 bits per heavy atom. The molecular weight excluding hydrogens is 206 g/mol. The van der Waals surface area contributed by atoms with Gasteiger partial charge in [0.05, 0.1) is 6.07 Å². The van der Waals surface area contributed by atoms with E-state index in [-0.39, 0.29) is 6.04 Å². The molecule has 0 aliphatic heterocycles. The van der Waals surface area contributed by atoms with Gasteiger partial charge in [-0.1, -0.05) is 0 Å². The second-order valence-electron chi connectivity index (χ2n) is 3.73. The molecule has 1 atom stereocenters. The van der Waals surface area contributed by atoms with E-state index in [2.05, 4.69) is 30.4 Å². The van der Waals surface area contributed by atoms with E-state index in [4.69, 9.17) is 5.26 Å². The maximum absolute atomic E-state index is 8.99. The summed E-state index contributed by atoms with van der Waals surface area (Å²) in [5.41, 5.74) is 1.08. The van der Waals surface area contributed by atoms with Crippen LogP contribution in [-0.4, -0.2) is 32.1 Å². The van der Waals surface area contributed by atoms with E-state index in [0.29, 0.717) is 0 Å². The van der Waals surface area contributed by atoms with Crippen LogP contribution in [0.1, 0.15) is 18.0 Å². The minimum atomic E-state index is -0.154. The lowest BCUT2D eigenvalue weighted by Crippen LogP contribution is -2.24. The lowest BCUT2D eigenvalue weighted by molar-refractivity contribution is 0.392. The summed E-state index contributed by atoms with van der Waals surface area (Å²) in [5, 5.41) is 16.3. The van der Waals surface area contributed by atoms with E-state index < -0.39 is 0 Å². The molecule has 1 aromatic rings. The van der Waals surface area contributed by atoms with Gasteiger partial charge in [0.1, 0.15) is 6.04 Å². The number of nitrogens with zero attached hydrogens (tertiary/aromatic N) is 2. The Morgan fingerprint density at radius 2 is 2.40 bits per heavy atom. The average molecular weight is 223 g/mol. The molecule has 0 saturated carbocycles. The number of hydrogen-bond acceptors (Lipinski definition) is 4. The SMILES string of the molecule is CN(C)CCCNC(C#N)c1ccsc1. The van der Waals surface area contributed by atoms with Gasteiger partial charge in [0.2, 0.25) is 0 Å². The van der Waals surface area contributed by atoms with Crippen LogP contribution in [0.4, 0.5) is 0 Å². The first-order valence-electron chi connectivity index (χ1n) is 5.04. The second kappa shape index (κ2) is 6.57. The zero-order valence-corrected chi connectivity index (χ0v) is 10.0. The van der Waals surface area contributed by atoms with Gasteiger partial charge in [-0.25, -0.2) is 0 Å². The Balaban J connectivity index is 2.27. The Bertz CT molecular complexity index is 300. The van der Waals surface area contributed by atoms with Crippen molar-refractivity contribution in [2.45, 2.75) is 12.5 Å². The summed E-state index contributed by atoms with van der Waals surface area (Å²) < 4.78 is 0. The first-order chi connectivity index (χ1) is 7.24. The zero-order chi connectivity index (χ0) is 11.1. The van der Waals surface area contributed by atoms with E-state index in [0.717, 1.165) is 25.1 Å². The monoisotopic (exact) mass is 223 g/mol. The van der Waals surface area contributed by atoms with Crippen molar-refractivity contribution in [1.29, 1.82) is 5.26 Å². The van der Waals surface area contributed by atoms with E-state index >= 15 is 0 Å². The highest BCUT2D eigenvalue weighted by Gasteiger charge is 2.08. The Morgan fingerprint density at radius 1 is 1.60 bits per heavy atom. The first-order valence-corrected chi connectivity index (χ1v) is 5.98. The third kappa shape index (κ3) is 4.43. The molecule has 0 spiro atoms. The predicted octanol–water partition coefficient (Wildman–Crippen LogP) is 1.85. The lowest BCUT2D eigenvalue weighted by Gasteiger charge is -2.12. The molecule has 1 unspecified atom stereocenters. The van der Waals surface area contributed by atoms with Crippen LogP contribution in [0.15, 0.2) is 16.8 Å². The quantitative estimate of drug-likeness (QED) is 0.748. The third-order valence-electron chi connectivity index (χ3n) is 2.14. The summed E-state index contributed by atoms with van der Waals surface area (Å²) in [7, 11) is 4.11. The highest BCUT2D eigenvalue weighted by Crippen LogP contribution is 2.15. The molecule has 1 aromatic heterocycles. The van der Waals surface area contributed by atoms with Crippen LogP contribution >= 0.6 is 11.3 Å². The van der Waals surface area contributed by atoms with Gasteiger partial charge in [-0.2, -0.15) is 16.6 Å². The van der Waals surface area contributed by atoms with Crippen LogP contribution in [0.25, 0.3) is 0 Å². The van der Waals surface area contributed by atoms with E-state index in [1.807, 2.05) is 16.8 Å². The van der Waals surface area contributed by atoms with Crippen LogP contribution in [-0.2, 0) is 0 Å². The minimum Gasteiger partial charge on any atom is -0.309 e. The number of rotatable bonds is 6. The summed E-state index contributed by atoms with van der Waals surface area (Å²) in [4.78, 5) is 2.15. The number of thiophene rings is 1. The number of hydrogen-bond donors (Lipinski definition) is 1. The molecule has 0 saturated heterocycles. The first kappa shape index (κ1) is 12.2. The Kier molecular flexibility index (Phi) is 5.33. The zero-order valence-electron chi connectivity index (χ0n) is 9.23. The molecule has 0 fully saturated rings. The van der Waals surface area contributed by atoms with Crippen LogP contribution < -0.4 is 5.32 Å². The minimum absolute atomic E-state index is 0.154. The van der Waals surface area contributed by atoms with E-state index in [1.54, 1.807) is 11.3 Å². The van der Waals surface area contributed by atoms with Gasteiger partial charge in [-0.05, 0) is 56.0 Å². The molecule has 82 valence electrons. The van der Waals surface area contributed by atoms with Crippen molar-refractivity contribution in [1.82, 2.24) is 10.2 Å². The molecule has 15 heavy (non-hydrogen) atoms. The molecule has 0 aliphatic rings. The summed E-state index contributed by atoms with van der Waals surface area (Å²) in [6, 6.07) is 4.12. The Labute approximate surface area is 95.3 Å². The summed E-state index contributed by atoms with van der Waals surface area (Å²) in [6.45, 7) is 1.93. The van der Waals surface area contributed by atoms with Crippen LogP contribution in [0.2, 0.25) is 0 Å². The summed E-state index contributed by atoms with van der Waals surface area (Å²) in [6.07, 6.45) is 1.06. The molecule has 0 bridgehead atoms. The number of nitrogens with one attached hydrogen (secondary N) is 1. The van der Waals surface area contributed by atoms with Crippen molar-refractivity contribution in [2.24, 2.45) is 0 Å². The van der Waals surface area contributed by atoms with E-state index in [1.165, 1.54) is 0 Å². The molecule has 1 heterocycles. The number of nitriles is 1. The fourth-order valence-corrected chi connectivity index (χ4v) is 2.01. The molecule has 3 nitrogen and oxygen atoms in total. The Hall–Kier alpha value is -0.890. The largest absolute Gasteiger partial charge is 0.309 e. The molecular formula is C11H17N3S. The fourth-order valence-electron chi connectivity index (χ4n) is 1.32. The van der Waals surface area contributed by atoms with Crippen LogP contribution in [0.3, 0.4) is 0 Å². The predicted molar refractivity (Wildman–Crippen MR) is 63.8 cm³/mol. The third-order valence-corrected chi connectivity index (χ3v) is 2.84. The maximum atomic E-state index is 8.99. The second-order valence-corrected chi connectivity index (χ2v) is 4.51. The molecule has 1 rings (SSSR count). The van der Waals surface area contributed by atoms with Crippen molar-refractivity contribution in [2.75, 3.05) is 27.2 Å². The average Bonchev–Trinajstić information content (AvgIpc) is 2.70. The smallest absolute Gasteiger partial charge is 0.122 e. The van der Waals surface area contributed by atoms with Gasteiger partial charge in [-0.3, -0.25) is 5.32 Å². The van der Waals surface area contributed by atoms with Crippen molar-refractivity contribution >= 4 is 11.3 Å². The summed E-state index contributed by atoms with van der Waals surface area (Å²) in [5.74, 6) is 0. The van der Waals surface area contributed by atoms with Gasteiger partial charge in [-0.15, -0.1) is 0 Å². The maximum Gasteiger partial charge on any atom is 0.122 e. The molecule has 4 heteroatoms. The van der Waals surface area contributed by atoms with Crippen molar-refractivity contribution in [3.05, 3.63) is 22.4 Å². The van der Waals surface area contributed by atoms with Crippen molar-refractivity contribution in [3.8, 4) is 6.07 Å². The highest BCUT2D eigenvalue weighted by atomic mass is 32.1. The topological polar surface area (TPSA) is 39.1 Å². The van der Waals surface area contributed by atoms with Crippen LogP contribution in [0.5, 0.6) is 0 Å². The molecule has 0 radical (unpaired) electrons. The fraction of sp³-hybridized carbons (Fsp3) is 0.545. The summed E-state index contributed by atoms with van der Waals surface area (Å²) >= 11 is 1.63. The van der Waals surface area contributed by atoms with Gasteiger partial charge < -0.3 is 4.90 Å². The lowest BCUT2D eigenvalue weighted by atomic mass is 10.2. The van der Waals surface area contributed by atoms with Gasteiger partial charge >= 0.3 is 0 Å². The van der Waals surface area contributed by atoms with Gasteiger partial charge in [0, 0.05) is 0 Å². The van der Waals surface area contributed by atoms with Gasteiger partial charge in [0.15, 0.2) is 0 Å². The molecule has 1 N–H and O–H groups in total. The van der Waals surface area contributed by atoms with Gasteiger partial charge in [0.25, 0.3) is 0 Å². The molecule has 0 amide bonds. The van der Waals surface area contributed by atoms with Crippen LogP contribution in [0, 0.1) is 11.3 Å². The normalized spacial score (nSPS) is 12.7. The highest BCUT2D eigenvalue weighted by molar-refractivity contribution is 7.07. The standard InChI is InChI=1S/C11H17N3S/c1-14(2)6-3-5-13-11(8-12)10-4-7-15-9-10/h4,7,9,11,13H,3,5-6H2,1-2H3. The molecule has 0 aromatic carbocycles. The van der Waals surface area contributed by atoms with E-state index in [9.17, 15) is 0 Å².